The van der Waals surface area contributed by atoms with E-state index in [1.807, 2.05) is 0 Å². The molecule has 3 rings (SSSR count). The standard InChI is InChI=1S/C13H14N4O2S/c18-12(15-10-3-1-2-6-14-13(10)19)8-4-5-9-11(7-8)17-20-16-9/h4-5,7,10H,1-3,6H2,(H,14,19)(H,15,18)/t10-/m0/s1. The second-order valence-electron chi connectivity index (χ2n) is 4.78. The van der Waals surface area contributed by atoms with Crippen LogP contribution in [0.1, 0.15) is 29.6 Å². The molecule has 20 heavy (non-hydrogen) atoms. The van der Waals surface area contributed by atoms with E-state index in [2.05, 4.69) is 19.4 Å². The molecule has 0 aliphatic carbocycles. The van der Waals surface area contributed by atoms with E-state index in [0.717, 1.165) is 30.1 Å². The molecule has 1 aliphatic heterocycles. The minimum absolute atomic E-state index is 0.104. The van der Waals surface area contributed by atoms with Crippen LogP contribution in [0.25, 0.3) is 11.0 Å². The van der Waals surface area contributed by atoms with Gasteiger partial charge in [-0.15, -0.1) is 0 Å². The van der Waals surface area contributed by atoms with E-state index in [9.17, 15) is 9.59 Å². The number of hydrogen-bond donors (Lipinski definition) is 2. The summed E-state index contributed by atoms with van der Waals surface area (Å²) in [6, 6.07) is 4.71. The highest BCUT2D eigenvalue weighted by molar-refractivity contribution is 7.00. The first-order chi connectivity index (χ1) is 9.74. The van der Waals surface area contributed by atoms with Crippen molar-refractivity contribution in [3.05, 3.63) is 23.8 Å². The van der Waals surface area contributed by atoms with Gasteiger partial charge in [0.1, 0.15) is 17.1 Å². The molecule has 0 bridgehead atoms. The molecule has 6 nitrogen and oxygen atoms in total. The molecule has 2 heterocycles. The number of hydrogen-bond acceptors (Lipinski definition) is 5. The summed E-state index contributed by atoms with van der Waals surface area (Å²) in [5.74, 6) is -0.353. The minimum Gasteiger partial charge on any atom is -0.354 e. The third-order valence-electron chi connectivity index (χ3n) is 3.36. The highest BCUT2D eigenvalue weighted by Gasteiger charge is 2.23. The van der Waals surface area contributed by atoms with Gasteiger partial charge >= 0.3 is 0 Å². The van der Waals surface area contributed by atoms with Gasteiger partial charge in [0.25, 0.3) is 5.91 Å². The first-order valence-electron chi connectivity index (χ1n) is 6.55. The summed E-state index contributed by atoms with van der Waals surface area (Å²) >= 11 is 1.12. The Morgan fingerprint density at radius 1 is 1.30 bits per heavy atom. The highest BCUT2D eigenvalue weighted by Crippen LogP contribution is 2.14. The lowest BCUT2D eigenvalue weighted by Crippen LogP contribution is -2.45. The fourth-order valence-electron chi connectivity index (χ4n) is 2.24. The first kappa shape index (κ1) is 13.0. The van der Waals surface area contributed by atoms with Crippen molar-refractivity contribution in [2.45, 2.75) is 25.3 Å². The number of nitrogens with zero attached hydrogens (tertiary/aromatic N) is 2. The maximum absolute atomic E-state index is 12.2. The lowest BCUT2D eigenvalue weighted by molar-refractivity contribution is -0.122. The molecule has 0 unspecified atom stereocenters. The largest absolute Gasteiger partial charge is 0.354 e. The monoisotopic (exact) mass is 290 g/mol. The van der Waals surface area contributed by atoms with E-state index in [4.69, 9.17) is 0 Å². The third-order valence-corrected chi connectivity index (χ3v) is 3.91. The van der Waals surface area contributed by atoms with E-state index in [0.29, 0.717) is 24.0 Å². The molecule has 1 aliphatic rings. The van der Waals surface area contributed by atoms with Crippen molar-refractivity contribution in [1.82, 2.24) is 19.4 Å². The van der Waals surface area contributed by atoms with Gasteiger partial charge in [0, 0.05) is 12.1 Å². The topological polar surface area (TPSA) is 84.0 Å². The Morgan fingerprint density at radius 3 is 3.05 bits per heavy atom. The maximum Gasteiger partial charge on any atom is 0.252 e. The van der Waals surface area contributed by atoms with Crippen LogP contribution in [-0.2, 0) is 4.79 Å². The number of aromatic nitrogens is 2. The van der Waals surface area contributed by atoms with Gasteiger partial charge in [-0.1, -0.05) is 0 Å². The zero-order chi connectivity index (χ0) is 13.9. The van der Waals surface area contributed by atoms with Gasteiger partial charge in [-0.05, 0) is 37.5 Å². The quantitative estimate of drug-likeness (QED) is 0.867. The van der Waals surface area contributed by atoms with E-state index in [1.54, 1.807) is 18.2 Å². The van der Waals surface area contributed by atoms with Crippen molar-refractivity contribution >= 4 is 34.6 Å². The summed E-state index contributed by atoms with van der Waals surface area (Å²) in [4.78, 5) is 24.0. The smallest absolute Gasteiger partial charge is 0.252 e. The number of rotatable bonds is 2. The molecule has 104 valence electrons. The summed E-state index contributed by atoms with van der Waals surface area (Å²) in [6.07, 6.45) is 2.56. The number of amides is 2. The molecule has 2 aromatic rings. The molecule has 1 fully saturated rings. The minimum atomic E-state index is -0.450. The normalized spacial score (nSPS) is 19.4. The number of carbonyl (C=O) groups is 2. The van der Waals surface area contributed by atoms with Gasteiger partial charge in [-0.3, -0.25) is 9.59 Å². The van der Waals surface area contributed by atoms with Crippen LogP contribution in [-0.4, -0.2) is 33.1 Å². The van der Waals surface area contributed by atoms with Crippen LogP contribution in [0.5, 0.6) is 0 Å². The van der Waals surface area contributed by atoms with E-state index in [-0.39, 0.29) is 11.8 Å². The number of benzene rings is 1. The average Bonchev–Trinajstić information content (AvgIpc) is 2.83. The van der Waals surface area contributed by atoms with Crippen LogP contribution in [0.15, 0.2) is 18.2 Å². The summed E-state index contributed by atoms with van der Waals surface area (Å²) in [5.41, 5.74) is 1.98. The molecule has 1 saturated heterocycles. The maximum atomic E-state index is 12.2. The zero-order valence-corrected chi connectivity index (χ0v) is 11.6. The summed E-state index contributed by atoms with van der Waals surface area (Å²) in [6.45, 7) is 0.682. The van der Waals surface area contributed by atoms with E-state index >= 15 is 0 Å². The zero-order valence-electron chi connectivity index (χ0n) is 10.8. The van der Waals surface area contributed by atoms with Crippen LogP contribution in [0.2, 0.25) is 0 Å². The van der Waals surface area contributed by atoms with Crippen molar-refractivity contribution in [3.63, 3.8) is 0 Å². The number of fused-ring (bicyclic) bond motifs is 1. The molecule has 7 heteroatoms. The Kier molecular flexibility index (Phi) is 3.60. The SMILES string of the molecule is O=C(N[C@H]1CCCCNC1=O)c1ccc2nsnc2c1. The summed E-state index contributed by atoms with van der Waals surface area (Å²) in [5, 5.41) is 5.59. The molecule has 2 amide bonds. The lowest BCUT2D eigenvalue weighted by Gasteiger charge is -2.15. The Bertz CT molecular complexity index is 655. The Labute approximate surface area is 119 Å². The fraction of sp³-hybridized carbons (Fsp3) is 0.385. The van der Waals surface area contributed by atoms with Crippen LogP contribution < -0.4 is 10.6 Å². The Balaban J connectivity index is 1.76. The molecule has 1 aromatic carbocycles. The van der Waals surface area contributed by atoms with E-state index in [1.165, 1.54) is 0 Å². The third kappa shape index (κ3) is 2.62. The first-order valence-corrected chi connectivity index (χ1v) is 7.28. The molecule has 0 saturated carbocycles. The lowest BCUT2D eigenvalue weighted by atomic mass is 10.1. The van der Waals surface area contributed by atoms with Gasteiger partial charge in [0.2, 0.25) is 5.91 Å². The van der Waals surface area contributed by atoms with Crippen LogP contribution >= 0.6 is 11.7 Å². The summed E-state index contributed by atoms with van der Waals surface area (Å²) < 4.78 is 8.20. The van der Waals surface area contributed by atoms with Crippen molar-refractivity contribution < 1.29 is 9.59 Å². The van der Waals surface area contributed by atoms with Gasteiger partial charge in [0.05, 0.1) is 11.7 Å². The molecule has 0 radical (unpaired) electrons. The number of nitrogens with one attached hydrogen (secondary N) is 2. The Morgan fingerprint density at radius 2 is 2.15 bits per heavy atom. The van der Waals surface area contributed by atoms with Crippen LogP contribution in [0, 0.1) is 0 Å². The van der Waals surface area contributed by atoms with Gasteiger partial charge in [-0.25, -0.2) is 0 Å². The van der Waals surface area contributed by atoms with Crippen molar-refractivity contribution in [2.75, 3.05) is 6.54 Å². The van der Waals surface area contributed by atoms with Crippen molar-refractivity contribution in [2.24, 2.45) is 0 Å². The second-order valence-corrected chi connectivity index (χ2v) is 5.31. The molecule has 0 spiro atoms. The van der Waals surface area contributed by atoms with Crippen LogP contribution in [0.4, 0.5) is 0 Å². The highest BCUT2D eigenvalue weighted by atomic mass is 32.1. The molecule has 1 atom stereocenters. The van der Waals surface area contributed by atoms with E-state index < -0.39 is 6.04 Å². The molecule has 2 N–H and O–H groups in total. The average molecular weight is 290 g/mol. The second kappa shape index (κ2) is 5.54. The van der Waals surface area contributed by atoms with Crippen molar-refractivity contribution in [3.8, 4) is 0 Å². The van der Waals surface area contributed by atoms with Gasteiger partial charge in [-0.2, -0.15) is 8.75 Å². The fourth-order valence-corrected chi connectivity index (χ4v) is 2.76. The predicted octanol–water partition coefficient (Wildman–Crippen LogP) is 1.09. The molecular weight excluding hydrogens is 276 g/mol. The number of carbonyl (C=O) groups excluding carboxylic acids is 2. The molecule has 1 aromatic heterocycles. The van der Waals surface area contributed by atoms with Gasteiger partial charge in [0.15, 0.2) is 0 Å². The predicted molar refractivity (Wildman–Crippen MR) is 75.5 cm³/mol. The van der Waals surface area contributed by atoms with Crippen molar-refractivity contribution in [1.29, 1.82) is 0 Å². The Hall–Kier alpha value is -2.02. The van der Waals surface area contributed by atoms with Crippen LogP contribution in [0.3, 0.4) is 0 Å². The summed E-state index contributed by atoms with van der Waals surface area (Å²) in [7, 11) is 0. The van der Waals surface area contributed by atoms with Gasteiger partial charge < -0.3 is 10.6 Å². The molecular formula is C13H14N4O2S.